The first-order valence-corrected chi connectivity index (χ1v) is 4.96. The van der Waals surface area contributed by atoms with Crippen molar-refractivity contribution < 1.29 is 9.94 Å². The van der Waals surface area contributed by atoms with Crippen molar-refractivity contribution in [2.75, 3.05) is 0 Å². The summed E-state index contributed by atoms with van der Waals surface area (Å²) in [6.07, 6.45) is 4.24. The molecule has 0 aliphatic rings. The zero-order valence-electron chi connectivity index (χ0n) is 8.85. The van der Waals surface area contributed by atoms with Crippen LogP contribution in [-0.4, -0.2) is 20.4 Å². The highest BCUT2D eigenvalue weighted by atomic mass is 16.7. The van der Waals surface area contributed by atoms with Crippen molar-refractivity contribution in [2.24, 2.45) is 0 Å². The zero-order valence-corrected chi connectivity index (χ0v) is 8.85. The van der Waals surface area contributed by atoms with Crippen molar-refractivity contribution in [1.82, 2.24) is 15.4 Å². The maximum atomic E-state index is 10.3. The van der Waals surface area contributed by atoms with Gasteiger partial charge in [-0.1, -0.05) is 47.6 Å². The van der Waals surface area contributed by atoms with Gasteiger partial charge in [0.25, 0.3) is 4.91 Å². The molecule has 0 saturated heterocycles. The van der Waals surface area contributed by atoms with Gasteiger partial charge in [0.15, 0.2) is 5.10 Å². The molecule has 86 valence electrons. The summed E-state index contributed by atoms with van der Waals surface area (Å²) in [5, 5.41) is 19.0. The minimum absolute atomic E-state index is 0.439. The van der Waals surface area contributed by atoms with Crippen LogP contribution < -0.4 is 4.91 Å². The van der Waals surface area contributed by atoms with Crippen LogP contribution >= 0.6 is 0 Å². The molecular formula is C10H10N5O2+. The minimum Gasteiger partial charge on any atom is -0.354 e. The topological polar surface area (TPSA) is 88.6 Å². The summed E-state index contributed by atoms with van der Waals surface area (Å²) in [6, 6.07) is 9.75. The van der Waals surface area contributed by atoms with Gasteiger partial charge in [-0.15, -0.1) is 0 Å². The average molecular weight is 232 g/mol. The molecule has 0 saturated carbocycles. The van der Waals surface area contributed by atoms with E-state index in [1.165, 1.54) is 0 Å². The highest BCUT2D eigenvalue weighted by Gasteiger charge is 2.19. The average Bonchev–Trinajstić information content (AvgIpc) is 2.79. The standard InChI is InChI=1S/C10H9N5O2/c16-15(17)14-12-10(11-13-14)8-4-7-9-5-2-1-3-6-9/h1-7H,8H2/p+1. The molecule has 0 spiro atoms. The summed E-state index contributed by atoms with van der Waals surface area (Å²) >= 11 is 0. The van der Waals surface area contributed by atoms with Crippen LogP contribution in [0.15, 0.2) is 36.4 Å². The van der Waals surface area contributed by atoms with Gasteiger partial charge in [-0.25, -0.2) is 0 Å². The summed E-state index contributed by atoms with van der Waals surface area (Å²) in [5.41, 5.74) is 1.06. The largest absolute Gasteiger partial charge is 0.362 e. The van der Waals surface area contributed by atoms with Crippen molar-refractivity contribution in [3.63, 3.8) is 0 Å². The number of nitrogens with one attached hydrogen (secondary N) is 1. The summed E-state index contributed by atoms with van der Waals surface area (Å²) in [4.78, 5) is 10.8. The predicted octanol–water partition coefficient (Wildman–Crippen LogP) is 0.388. The van der Waals surface area contributed by atoms with Crippen molar-refractivity contribution in [3.8, 4) is 0 Å². The quantitative estimate of drug-likeness (QED) is 0.469. The molecule has 0 amide bonds. The molecule has 1 aromatic heterocycles. The number of nitro groups is 1. The Bertz CT molecular complexity index is 535. The van der Waals surface area contributed by atoms with Gasteiger partial charge in [0.1, 0.15) is 5.03 Å². The minimum atomic E-state index is -0.683. The van der Waals surface area contributed by atoms with Gasteiger partial charge >= 0.3 is 11.0 Å². The van der Waals surface area contributed by atoms with Gasteiger partial charge in [-0.05, 0) is 5.56 Å². The molecule has 0 radical (unpaired) electrons. The van der Waals surface area contributed by atoms with Gasteiger partial charge < -0.3 is 10.1 Å². The number of H-pyrrole nitrogens is 1. The molecule has 0 unspecified atom stereocenters. The lowest BCUT2D eigenvalue weighted by molar-refractivity contribution is -1.25. The van der Waals surface area contributed by atoms with E-state index >= 15 is 0 Å². The smallest absolute Gasteiger partial charge is 0.354 e. The maximum absolute atomic E-state index is 10.3. The highest BCUT2D eigenvalue weighted by molar-refractivity contribution is 5.48. The first kappa shape index (κ1) is 10.9. The number of nitrogens with zero attached hydrogens (tertiary/aromatic N) is 4. The third kappa shape index (κ3) is 2.94. The maximum Gasteiger partial charge on any atom is 0.362 e. The molecule has 1 aromatic carbocycles. The van der Waals surface area contributed by atoms with Crippen LogP contribution in [0.25, 0.3) is 6.08 Å². The number of benzene rings is 1. The molecule has 1 heterocycles. The van der Waals surface area contributed by atoms with E-state index in [4.69, 9.17) is 0 Å². The lowest BCUT2D eigenvalue weighted by atomic mass is 10.2. The summed E-state index contributed by atoms with van der Waals surface area (Å²) < 4.78 is 0. The molecular weight excluding hydrogens is 222 g/mol. The molecule has 2 aromatic rings. The van der Waals surface area contributed by atoms with E-state index in [0.29, 0.717) is 17.2 Å². The van der Waals surface area contributed by atoms with Crippen LogP contribution in [0, 0.1) is 10.1 Å². The first-order chi connectivity index (χ1) is 8.25. The second kappa shape index (κ2) is 4.97. The SMILES string of the molecule is O=[N+]([O-])[n+]1nnc(CC=Cc2ccccc2)[nH]1. The van der Waals surface area contributed by atoms with Crippen molar-refractivity contribution in [1.29, 1.82) is 0 Å². The second-order valence-electron chi connectivity index (χ2n) is 3.29. The molecule has 1 N–H and O–H groups in total. The van der Waals surface area contributed by atoms with Crippen LogP contribution in [0.5, 0.6) is 0 Å². The predicted molar refractivity (Wildman–Crippen MR) is 58.2 cm³/mol. The number of tetrazole rings is 1. The van der Waals surface area contributed by atoms with E-state index in [9.17, 15) is 10.1 Å². The van der Waals surface area contributed by atoms with Crippen LogP contribution in [0.1, 0.15) is 11.4 Å². The van der Waals surface area contributed by atoms with Gasteiger partial charge in [0.2, 0.25) is 0 Å². The summed E-state index contributed by atoms with van der Waals surface area (Å²) in [7, 11) is 0. The number of hydrogen-bond acceptors (Lipinski definition) is 4. The van der Waals surface area contributed by atoms with E-state index in [-0.39, 0.29) is 0 Å². The molecule has 0 aliphatic heterocycles. The molecule has 0 aliphatic carbocycles. The third-order valence-electron chi connectivity index (χ3n) is 2.05. The van der Waals surface area contributed by atoms with Crippen molar-refractivity contribution >= 4 is 6.08 Å². The Hall–Kier alpha value is -2.57. The molecule has 7 nitrogen and oxygen atoms in total. The van der Waals surface area contributed by atoms with Crippen LogP contribution in [0.2, 0.25) is 0 Å². The van der Waals surface area contributed by atoms with E-state index in [1.54, 1.807) is 0 Å². The van der Waals surface area contributed by atoms with Crippen molar-refractivity contribution in [3.05, 3.63) is 57.9 Å². The summed E-state index contributed by atoms with van der Waals surface area (Å²) in [6.45, 7) is 0. The number of allylic oxidation sites excluding steroid dienone is 1. The normalized spacial score (nSPS) is 10.8. The monoisotopic (exact) mass is 232 g/mol. The molecule has 7 heteroatoms. The molecule has 17 heavy (non-hydrogen) atoms. The molecule has 0 atom stereocenters. The lowest BCUT2D eigenvalue weighted by Gasteiger charge is -1.88. The third-order valence-corrected chi connectivity index (χ3v) is 2.05. The Labute approximate surface area is 96.5 Å². The molecule has 0 bridgehead atoms. The number of aromatic nitrogens is 4. The highest BCUT2D eigenvalue weighted by Crippen LogP contribution is 2.01. The van der Waals surface area contributed by atoms with Crippen LogP contribution in [0.3, 0.4) is 0 Å². The van der Waals surface area contributed by atoms with E-state index < -0.39 is 5.03 Å². The van der Waals surface area contributed by atoms with Crippen molar-refractivity contribution in [2.45, 2.75) is 6.42 Å². The van der Waals surface area contributed by atoms with Crippen LogP contribution in [-0.2, 0) is 6.42 Å². The number of hydrogen-bond donors (Lipinski definition) is 1. The second-order valence-corrected chi connectivity index (χ2v) is 3.29. The van der Waals surface area contributed by atoms with Gasteiger partial charge in [0, 0.05) is 0 Å². The zero-order chi connectivity index (χ0) is 12.1. The van der Waals surface area contributed by atoms with E-state index in [1.807, 2.05) is 42.5 Å². The molecule has 0 fully saturated rings. The molecule has 2 rings (SSSR count). The Morgan fingerprint density at radius 2 is 2.18 bits per heavy atom. The fourth-order valence-electron chi connectivity index (χ4n) is 1.29. The fourth-order valence-corrected chi connectivity index (χ4v) is 1.29. The Kier molecular flexibility index (Phi) is 3.20. The Morgan fingerprint density at radius 3 is 2.82 bits per heavy atom. The van der Waals surface area contributed by atoms with Gasteiger partial charge in [0.05, 0.1) is 6.42 Å². The number of rotatable bonds is 4. The first-order valence-electron chi connectivity index (χ1n) is 4.96. The Balaban J connectivity index is 1.98. The van der Waals surface area contributed by atoms with E-state index in [2.05, 4.69) is 15.4 Å². The fraction of sp³-hybridized carbons (Fsp3) is 0.100. The van der Waals surface area contributed by atoms with Crippen LogP contribution in [0.4, 0.5) is 0 Å². The Morgan fingerprint density at radius 1 is 1.41 bits per heavy atom. The van der Waals surface area contributed by atoms with Gasteiger partial charge in [-0.3, -0.25) is 0 Å². The van der Waals surface area contributed by atoms with Gasteiger partial charge in [-0.2, -0.15) is 0 Å². The number of aromatic amines is 1. The van der Waals surface area contributed by atoms with E-state index in [0.717, 1.165) is 5.56 Å². The summed E-state index contributed by atoms with van der Waals surface area (Å²) in [5.74, 6) is 0.439. The lowest BCUT2D eigenvalue weighted by Crippen LogP contribution is -2.47.